The van der Waals surface area contributed by atoms with E-state index >= 15 is 0 Å². The maximum atomic E-state index is 11.6. The number of nitrogens with one attached hydrogen (secondary N) is 1. The zero-order valence-electron chi connectivity index (χ0n) is 11.9. The van der Waals surface area contributed by atoms with E-state index < -0.39 is 21.4 Å². The van der Waals surface area contributed by atoms with Crippen LogP contribution in [-0.2, 0) is 10.0 Å². The van der Waals surface area contributed by atoms with E-state index in [9.17, 15) is 13.5 Å². The van der Waals surface area contributed by atoms with Gasteiger partial charge in [0, 0.05) is 6.54 Å². The van der Waals surface area contributed by atoms with Crippen LogP contribution in [0.3, 0.4) is 0 Å². The van der Waals surface area contributed by atoms with E-state index in [0.29, 0.717) is 5.92 Å². The highest BCUT2D eigenvalue weighted by Gasteiger charge is 2.17. The van der Waals surface area contributed by atoms with Gasteiger partial charge >= 0.3 is 0 Å². The predicted octanol–water partition coefficient (Wildman–Crippen LogP) is 2.17. The van der Waals surface area contributed by atoms with Crippen LogP contribution in [0.25, 0.3) is 0 Å². The summed E-state index contributed by atoms with van der Waals surface area (Å²) in [4.78, 5) is 0. The van der Waals surface area contributed by atoms with Crippen LogP contribution in [0.1, 0.15) is 50.8 Å². The Morgan fingerprint density at radius 1 is 1.05 bits per heavy atom. The zero-order chi connectivity index (χ0) is 14.6. The van der Waals surface area contributed by atoms with Crippen molar-refractivity contribution in [1.29, 1.82) is 0 Å². The predicted molar refractivity (Wildman–Crippen MR) is 77.5 cm³/mol. The molecule has 0 heterocycles. The van der Waals surface area contributed by atoms with Crippen LogP contribution >= 0.6 is 0 Å². The van der Waals surface area contributed by atoms with Crippen molar-refractivity contribution in [2.24, 2.45) is 0 Å². The molecule has 1 unspecified atom stereocenters. The van der Waals surface area contributed by atoms with Crippen LogP contribution in [0.4, 0.5) is 0 Å². The normalized spacial score (nSPS) is 14.1. The number of hydrogen-bond acceptors (Lipinski definition) is 3. The molecule has 1 rings (SSSR count). The fraction of sp³-hybridized carbons (Fsp3) is 0.571. The third kappa shape index (κ3) is 4.60. The van der Waals surface area contributed by atoms with Gasteiger partial charge in [-0.15, -0.1) is 0 Å². The Morgan fingerprint density at radius 3 is 1.95 bits per heavy atom. The molecule has 0 saturated heterocycles. The van der Waals surface area contributed by atoms with Crippen LogP contribution in [0, 0.1) is 0 Å². The van der Waals surface area contributed by atoms with Crippen LogP contribution in [-0.4, -0.2) is 25.3 Å². The number of hydrogen-bond donors (Lipinski definition) is 2. The van der Waals surface area contributed by atoms with Gasteiger partial charge in [-0.3, -0.25) is 0 Å². The minimum atomic E-state index is -3.33. The summed E-state index contributed by atoms with van der Waals surface area (Å²) in [6, 6.07) is 7.59. The Hall–Kier alpha value is -0.910. The maximum absolute atomic E-state index is 11.6. The summed E-state index contributed by atoms with van der Waals surface area (Å²) < 4.78 is 25.6. The summed E-state index contributed by atoms with van der Waals surface area (Å²) in [6.45, 7) is 7.41. The third-order valence-electron chi connectivity index (χ3n) is 3.09. The lowest BCUT2D eigenvalue weighted by Crippen LogP contribution is -2.33. The van der Waals surface area contributed by atoms with E-state index in [4.69, 9.17) is 0 Å². The van der Waals surface area contributed by atoms with Crippen molar-refractivity contribution in [2.45, 2.75) is 45.0 Å². The molecule has 0 fully saturated rings. The largest absolute Gasteiger partial charge is 0.387 e. The van der Waals surface area contributed by atoms with Crippen molar-refractivity contribution in [1.82, 2.24) is 4.72 Å². The Balaban J connectivity index is 2.66. The van der Waals surface area contributed by atoms with Crippen molar-refractivity contribution in [3.05, 3.63) is 35.4 Å². The summed E-state index contributed by atoms with van der Waals surface area (Å²) in [7, 11) is -3.33. The zero-order valence-corrected chi connectivity index (χ0v) is 12.7. The number of aliphatic hydroxyl groups excluding tert-OH is 1. The second kappa shape index (κ2) is 6.50. The highest BCUT2D eigenvalue weighted by Crippen LogP contribution is 2.18. The van der Waals surface area contributed by atoms with Crippen molar-refractivity contribution in [3.63, 3.8) is 0 Å². The highest BCUT2D eigenvalue weighted by atomic mass is 32.2. The Labute approximate surface area is 115 Å². The molecule has 0 aliphatic heterocycles. The molecule has 0 aromatic heterocycles. The number of aliphatic hydroxyl groups is 1. The summed E-state index contributed by atoms with van der Waals surface area (Å²) >= 11 is 0. The van der Waals surface area contributed by atoms with Crippen LogP contribution in [0.5, 0.6) is 0 Å². The third-order valence-corrected chi connectivity index (χ3v) is 4.90. The van der Waals surface area contributed by atoms with Gasteiger partial charge in [-0.05, 0) is 30.9 Å². The average molecular weight is 285 g/mol. The molecule has 0 aliphatic rings. The van der Waals surface area contributed by atoms with Gasteiger partial charge in [-0.25, -0.2) is 13.1 Å². The summed E-state index contributed by atoms with van der Waals surface area (Å²) in [5, 5.41) is 9.47. The molecule has 0 aliphatic carbocycles. The Kier molecular flexibility index (Phi) is 5.52. The first kappa shape index (κ1) is 16.1. The van der Waals surface area contributed by atoms with Gasteiger partial charge in [-0.2, -0.15) is 0 Å². The smallest absolute Gasteiger partial charge is 0.214 e. The van der Waals surface area contributed by atoms with Crippen LogP contribution < -0.4 is 4.72 Å². The molecule has 0 bridgehead atoms. The van der Waals surface area contributed by atoms with E-state index in [0.717, 1.165) is 5.56 Å². The van der Waals surface area contributed by atoms with Gasteiger partial charge < -0.3 is 5.11 Å². The lowest BCUT2D eigenvalue weighted by molar-refractivity contribution is 0.182. The van der Waals surface area contributed by atoms with Gasteiger partial charge in [0.15, 0.2) is 0 Å². The minimum Gasteiger partial charge on any atom is -0.387 e. The molecule has 1 atom stereocenters. The van der Waals surface area contributed by atoms with Crippen molar-refractivity contribution < 1.29 is 13.5 Å². The summed E-state index contributed by atoms with van der Waals surface area (Å²) in [6.07, 6.45) is -0.824. The molecule has 2 N–H and O–H groups in total. The quantitative estimate of drug-likeness (QED) is 0.842. The van der Waals surface area contributed by atoms with Crippen LogP contribution in [0.2, 0.25) is 0 Å². The number of rotatable bonds is 6. The minimum absolute atomic E-state index is 0.00153. The molecular formula is C14H23NO3S. The van der Waals surface area contributed by atoms with Crippen molar-refractivity contribution >= 4 is 10.0 Å². The second-order valence-electron chi connectivity index (χ2n) is 5.28. The fourth-order valence-corrected chi connectivity index (χ4v) is 2.31. The van der Waals surface area contributed by atoms with E-state index in [1.54, 1.807) is 13.8 Å². The van der Waals surface area contributed by atoms with Gasteiger partial charge in [0.1, 0.15) is 0 Å². The van der Waals surface area contributed by atoms with Crippen molar-refractivity contribution in [2.75, 3.05) is 6.54 Å². The highest BCUT2D eigenvalue weighted by molar-refractivity contribution is 7.90. The SMILES string of the molecule is CC(C)c1ccc(C(O)CNS(=O)(=O)C(C)C)cc1. The first-order valence-electron chi connectivity index (χ1n) is 6.50. The summed E-state index contributed by atoms with van der Waals surface area (Å²) in [5.41, 5.74) is 1.91. The molecule has 0 amide bonds. The molecule has 0 spiro atoms. The molecule has 19 heavy (non-hydrogen) atoms. The fourth-order valence-electron chi connectivity index (χ4n) is 1.58. The van der Waals surface area contributed by atoms with E-state index in [1.807, 2.05) is 24.3 Å². The first-order valence-corrected chi connectivity index (χ1v) is 8.05. The monoisotopic (exact) mass is 285 g/mol. The molecule has 5 heteroatoms. The standard InChI is InChI=1S/C14H23NO3S/c1-10(2)12-5-7-13(8-6-12)14(16)9-15-19(17,18)11(3)4/h5-8,10-11,14-16H,9H2,1-4H3. The van der Waals surface area contributed by atoms with Crippen molar-refractivity contribution in [3.8, 4) is 0 Å². The molecule has 0 radical (unpaired) electrons. The topological polar surface area (TPSA) is 66.4 Å². The number of sulfonamides is 1. The molecule has 108 valence electrons. The first-order chi connectivity index (χ1) is 8.74. The molecular weight excluding hydrogens is 262 g/mol. The van der Waals surface area contributed by atoms with E-state index in [2.05, 4.69) is 18.6 Å². The van der Waals surface area contributed by atoms with Gasteiger partial charge in [0.25, 0.3) is 0 Å². The van der Waals surface area contributed by atoms with Crippen LogP contribution in [0.15, 0.2) is 24.3 Å². The number of benzene rings is 1. The second-order valence-corrected chi connectivity index (χ2v) is 7.60. The molecule has 4 nitrogen and oxygen atoms in total. The molecule has 1 aromatic rings. The molecule has 1 aromatic carbocycles. The lowest BCUT2D eigenvalue weighted by Gasteiger charge is -2.15. The van der Waals surface area contributed by atoms with Gasteiger partial charge in [0.2, 0.25) is 10.0 Å². The maximum Gasteiger partial charge on any atom is 0.214 e. The van der Waals surface area contributed by atoms with Gasteiger partial charge in [0.05, 0.1) is 11.4 Å². The summed E-state index contributed by atoms with van der Waals surface area (Å²) in [5.74, 6) is 0.436. The van der Waals surface area contributed by atoms with E-state index in [1.165, 1.54) is 5.56 Å². The van der Waals surface area contributed by atoms with Gasteiger partial charge in [-0.1, -0.05) is 38.1 Å². The average Bonchev–Trinajstić information content (AvgIpc) is 2.36. The Morgan fingerprint density at radius 2 is 1.53 bits per heavy atom. The Bertz CT molecular complexity index is 492. The molecule has 0 saturated carbocycles. The van der Waals surface area contributed by atoms with E-state index in [-0.39, 0.29) is 6.54 Å². The lowest BCUT2D eigenvalue weighted by atomic mass is 10.00.